The molecule has 1 N–H and O–H groups in total. The fourth-order valence-electron chi connectivity index (χ4n) is 0.484. The van der Waals surface area contributed by atoms with Crippen molar-refractivity contribution in [2.45, 2.75) is 32.1 Å². The molecule has 0 aromatic heterocycles. The third-order valence-electron chi connectivity index (χ3n) is 1.59. The molecule has 0 aliphatic carbocycles. The largest absolute Gasteiger partial charge is 0.380 e. The average molecular weight is 195 g/mol. The smallest absolute Gasteiger partial charge is 0.214 e. The maximum absolute atomic E-state index is 11.2. The van der Waals surface area contributed by atoms with E-state index in [0.717, 1.165) is 0 Å². The average Bonchev–Trinajstić information content (AvgIpc) is 2.00. The highest BCUT2D eigenvalue weighted by Gasteiger charge is 2.15. The Balaban J connectivity index is 3.94. The van der Waals surface area contributed by atoms with Crippen LogP contribution in [0.3, 0.4) is 0 Å². The fraction of sp³-hybridized carbons (Fsp3) is 1.00. The van der Waals surface area contributed by atoms with E-state index in [4.69, 9.17) is 4.74 Å². The summed E-state index contributed by atoms with van der Waals surface area (Å²) in [5.41, 5.74) is 0. The Bertz CT molecular complexity index is 211. The number of nitrogens with one attached hydrogen (secondary N) is 1. The predicted octanol–water partition coefficient (Wildman–Crippen LogP) is 0.349. The Kier molecular flexibility index (Phi) is 4.74. The molecule has 0 spiro atoms. The lowest BCUT2D eigenvalue weighted by molar-refractivity contribution is 0.122. The van der Waals surface area contributed by atoms with Gasteiger partial charge in [0, 0.05) is 13.7 Å². The molecule has 0 aromatic rings. The van der Waals surface area contributed by atoms with Gasteiger partial charge in [-0.3, -0.25) is 0 Å². The first-order valence-electron chi connectivity index (χ1n) is 3.91. The lowest BCUT2D eigenvalue weighted by Gasteiger charge is -2.12. The summed E-state index contributed by atoms with van der Waals surface area (Å²) < 4.78 is 29.7. The van der Waals surface area contributed by atoms with Crippen LogP contribution in [0.4, 0.5) is 0 Å². The lowest BCUT2D eigenvalue weighted by Crippen LogP contribution is -2.36. The molecule has 1 atom stereocenters. The van der Waals surface area contributed by atoms with Gasteiger partial charge in [-0.1, -0.05) is 0 Å². The molecule has 0 aromatic carbocycles. The van der Waals surface area contributed by atoms with E-state index in [1.54, 1.807) is 21.0 Å². The number of hydrogen-bond donors (Lipinski definition) is 1. The maximum atomic E-state index is 11.2. The summed E-state index contributed by atoms with van der Waals surface area (Å²) in [4.78, 5) is 0. The van der Waals surface area contributed by atoms with Crippen molar-refractivity contribution in [3.63, 3.8) is 0 Å². The van der Waals surface area contributed by atoms with Gasteiger partial charge in [0.05, 0.1) is 11.4 Å². The number of methoxy groups -OCH3 is 1. The summed E-state index contributed by atoms with van der Waals surface area (Å²) in [6.07, 6.45) is -0.0847. The highest BCUT2D eigenvalue weighted by Crippen LogP contribution is 1.96. The molecule has 0 aliphatic rings. The number of ether oxygens (including phenoxy) is 1. The van der Waals surface area contributed by atoms with Crippen molar-refractivity contribution in [2.75, 3.05) is 13.7 Å². The summed E-state index contributed by atoms with van der Waals surface area (Å²) in [5, 5.41) is -0.387. The van der Waals surface area contributed by atoms with Crippen LogP contribution in [0.2, 0.25) is 0 Å². The van der Waals surface area contributed by atoms with Crippen LogP contribution in [0.25, 0.3) is 0 Å². The molecule has 5 heteroatoms. The van der Waals surface area contributed by atoms with Crippen molar-refractivity contribution < 1.29 is 13.2 Å². The summed E-state index contributed by atoms with van der Waals surface area (Å²) in [7, 11) is -1.58. The van der Waals surface area contributed by atoms with Crippen LogP contribution in [-0.2, 0) is 14.8 Å². The van der Waals surface area contributed by atoms with Crippen LogP contribution >= 0.6 is 0 Å². The van der Waals surface area contributed by atoms with Crippen molar-refractivity contribution in [2.24, 2.45) is 0 Å². The van der Waals surface area contributed by atoms with Crippen LogP contribution in [0.5, 0.6) is 0 Å². The van der Waals surface area contributed by atoms with Gasteiger partial charge in [-0.05, 0) is 20.8 Å². The minimum absolute atomic E-state index is 0.0847. The van der Waals surface area contributed by atoms with Crippen LogP contribution in [0.15, 0.2) is 0 Å². The van der Waals surface area contributed by atoms with E-state index in [2.05, 4.69) is 4.72 Å². The van der Waals surface area contributed by atoms with E-state index in [0.29, 0.717) is 6.54 Å². The van der Waals surface area contributed by atoms with Gasteiger partial charge in [0.1, 0.15) is 0 Å². The van der Waals surface area contributed by atoms with E-state index in [9.17, 15) is 8.42 Å². The van der Waals surface area contributed by atoms with Gasteiger partial charge < -0.3 is 4.74 Å². The molecule has 0 amide bonds. The van der Waals surface area contributed by atoms with Crippen molar-refractivity contribution in [1.29, 1.82) is 0 Å². The third kappa shape index (κ3) is 4.04. The van der Waals surface area contributed by atoms with Gasteiger partial charge in [-0.15, -0.1) is 0 Å². The number of rotatable bonds is 5. The van der Waals surface area contributed by atoms with Gasteiger partial charge in [0.15, 0.2) is 0 Å². The van der Waals surface area contributed by atoms with Gasteiger partial charge in [0.2, 0.25) is 10.0 Å². The molecule has 0 radical (unpaired) electrons. The molecule has 0 aliphatic heterocycles. The maximum Gasteiger partial charge on any atom is 0.214 e. The third-order valence-corrected chi connectivity index (χ3v) is 3.41. The van der Waals surface area contributed by atoms with E-state index in [1.807, 2.05) is 6.92 Å². The van der Waals surface area contributed by atoms with E-state index in [-0.39, 0.29) is 11.4 Å². The Morgan fingerprint density at radius 1 is 1.33 bits per heavy atom. The Morgan fingerprint density at radius 3 is 2.17 bits per heavy atom. The zero-order chi connectivity index (χ0) is 9.78. The molecule has 0 bridgehead atoms. The van der Waals surface area contributed by atoms with Gasteiger partial charge >= 0.3 is 0 Å². The molecule has 4 nitrogen and oxygen atoms in total. The molecule has 0 heterocycles. The SMILES string of the molecule is COC(C)CNS(=O)(=O)C(C)C. The molecule has 0 fully saturated rings. The highest BCUT2D eigenvalue weighted by atomic mass is 32.2. The van der Waals surface area contributed by atoms with Crippen LogP contribution in [-0.4, -0.2) is 33.4 Å². The summed E-state index contributed by atoms with van der Waals surface area (Å²) in [6.45, 7) is 5.42. The Labute approximate surface area is 74.4 Å². The molecule has 74 valence electrons. The molecule has 0 saturated heterocycles. The molecule has 12 heavy (non-hydrogen) atoms. The Morgan fingerprint density at radius 2 is 1.83 bits per heavy atom. The monoisotopic (exact) mass is 195 g/mol. The zero-order valence-electron chi connectivity index (χ0n) is 7.99. The first kappa shape index (κ1) is 11.9. The van der Waals surface area contributed by atoms with E-state index < -0.39 is 10.0 Å². The Hall–Kier alpha value is -0.130. The summed E-state index contributed by atoms with van der Waals surface area (Å²) >= 11 is 0. The number of sulfonamides is 1. The van der Waals surface area contributed by atoms with Gasteiger partial charge in [0.25, 0.3) is 0 Å². The number of hydrogen-bond acceptors (Lipinski definition) is 3. The van der Waals surface area contributed by atoms with Gasteiger partial charge in [-0.25, -0.2) is 13.1 Å². The minimum Gasteiger partial charge on any atom is -0.380 e. The van der Waals surface area contributed by atoms with E-state index >= 15 is 0 Å². The molecular formula is C7H17NO3S. The van der Waals surface area contributed by atoms with Gasteiger partial charge in [-0.2, -0.15) is 0 Å². The molecular weight excluding hydrogens is 178 g/mol. The first-order chi connectivity index (χ1) is 5.40. The van der Waals surface area contributed by atoms with Crippen LogP contribution in [0, 0.1) is 0 Å². The van der Waals surface area contributed by atoms with Crippen molar-refractivity contribution in [3.8, 4) is 0 Å². The van der Waals surface area contributed by atoms with Crippen molar-refractivity contribution >= 4 is 10.0 Å². The van der Waals surface area contributed by atoms with Crippen molar-refractivity contribution in [1.82, 2.24) is 4.72 Å². The second kappa shape index (κ2) is 4.79. The lowest BCUT2D eigenvalue weighted by atomic mass is 10.4. The molecule has 0 rings (SSSR count). The highest BCUT2D eigenvalue weighted by molar-refractivity contribution is 7.90. The summed E-state index contributed by atoms with van der Waals surface area (Å²) in [6, 6.07) is 0. The minimum atomic E-state index is -3.13. The van der Waals surface area contributed by atoms with Crippen LogP contribution in [0.1, 0.15) is 20.8 Å². The van der Waals surface area contributed by atoms with E-state index in [1.165, 1.54) is 0 Å². The molecule has 0 saturated carbocycles. The molecule has 1 unspecified atom stereocenters. The normalized spacial score (nSPS) is 15.1. The topological polar surface area (TPSA) is 55.4 Å². The second-order valence-electron chi connectivity index (χ2n) is 2.99. The second-order valence-corrected chi connectivity index (χ2v) is 5.31. The van der Waals surface area contributed by atoms with Crippen molar-refractivity contribution in [3.05, 3.63) is 0 Å². The predicted molar refractivity (Wildman–Crippen MR) is 48.5 cm³/mol. The quantitative estimate of drug-likeness (QED) is 0.688. The standard InChI is InChI=1S/C7H17NO3S/c1-6(2)12(9,10)8-5-7(3)11-4/h6-8H,5H2,1-4H3. The first-order valence-corrected chi connectivity index (χ1v) is 5.46. The van der Waals surface area contributed by atoms with Crippen LogP contribution < -0.4 is 4.72 Å². The fourth-order valence-corrected chi connectivity index (χ4v) is 1.28. The summed E-state index contributed by atoms with van der Waals surface area (Å²) in [5.74, 6) is 0. The zero-order valence-corrected chi connectivity index (χ0v) is 8.81.